The molecule has 0 bridgehead atoms. The van der Waals surface area contributed by atoms with Crippen LogP contribution in [0.1, 0.15) is 41.6 Å². The number of rotatable bonds is 5. The molecule has 1 N–H and O–H groups in total. The summed E-state index contributed by atoms with van der Waals surface area (Å²) in [5, 5.41) is 2.85. The average molecular weight is 421 g/mol. The molecule has 2 aromatic carbocycles. The summed E-state index contributed by atoms with van der Waals surface area (Å²) >= 11 is 0. The first kappa shape index (κ1) is 20.9. The highest BCUT2D eigenvalue weighted by Gasteiger charge is 2.26. The van der Waals surface area contributed by atoms with E-state index in [4.69, 9.17) is 4.74 Å². The summed E-state index contributed by atoms with van der Waals surface area (Å²) in [7, 11) is 0. The number of aryl methyl sites for hydroxylation is 1. The van der Waals surface area contributed by atoms with Gasteiger partial charge in [0.05, 0.1) is 23.5 Å². The van der Waals surface area contributed by atoms with Crippen molar-refractivity contribution in [3.05, 3.63) is 53.6 Å². The van der Waals surface area contributed by atoms with Gasteiger partial charge in [0.25, 0.3) is 5.91 Å². The van der Waals surface area contributed by atoms with E-state index in [-0.39, 0.29) is 30.6 Å². The molecule has 0 atom stereocenters. The van der Waals surface area contributed by atoms with Gasteiger partial charge in [0.15, 0.2) is 0 Å². The Hall–Kier alpha value is -3.35. The van der Waals surface area contributed by atoms with Crippen molar-refractivity contribution in [1.82, 2.24) is 4.90 Å². The van der Waals surface area contributed by atoms with Gasteiger partial charge in [-0.15, -0.1) is 0 Å². The summed E-state index contributed by atoms with van der Waals surface area (Å²) in [6.07, 6.45) is 2.14. The van der Waals surface area contributed by atoms with Crippen molar-refractivity contribution in [2.75, 3.05) is 36.5 Å². The van der Waals surface area contributed by atoms with Crippen molar-refractivity contribution in [3.63, 3.8) is 0 Å². The van der Waals surface area contributed by atoms with Crippen LogP contribution in [0.2, 0.25) is 0 Å². The molecule has 7 heteroatoms. The van der Waals surface area contributed by atoms with E-state index in [0.717, 1.165) is 37.2 Å². The van der Waals surface area contributed by atoms with E-state index < -0.39 is 0 Å². The fraction of sp³-hybridized carbons (Fsp3) is 0.375. The molecule has 7 nitrogen and oxygen atoms in total. The minimum atomic E-state index is -0.282. The minimum Gasteiger partial charge on any atom is -0.490 e. The lowest BCUT2D eigenvalue weighted by molar-refractivity contribution is -0.122. The van der Waals surface area contributed by atoms with Crippen LogP contribution in [-0.2, 0) is 9.59 Å². The molecule has 4 rings (SSSR count). The number of benzene rings is 2. The van der Waals surface area contributed by atoms with Gasteiger partial charge in [-0.2, -0.15) is 0 Å². The molecule has 2 aliphatic rings. The van der Waals surface area contributed by atoms with Crippen LogP contribution in [0.15, 0.2) is 42.5 Å². The molecular weight excluding hydrogens is 394 g/mol. The van der Waals surface area contributed by atoms with Crippen molar-refractivity contribution >= 4 is 29.1 Å². The smallest absolute Gasteiger partial charge is 0.256 e. The van der Waals surface area contributed by atoms with Gasteiger partial charge in [0.2, 0.25) is 11.8 Å². The molecule has 0 unspecified atom stereocenters. The summed E-state index contributed by atoms with van der Waals surface area (Å²) in [6, 6.07) is 12.8. The molecule has 162 valence electrons. The molecule has 2 heterocycles. The topological polar surface area (TPSA) is 79.0 Å². The van der Waals surface area contributed by atoms with Crippen LogP contribution in [0.25, 0.3) is 0 Å². The summed E-state index contributed by atoms with van der Waals surface area (Å²) in [5.74, 6) is 0.225. The quantitative estimate of drug-likeness (QED) is 0.803. The second-order valence-corrected chi connectivity index (χ2v) is 7.91. The third-order valence-corrected chi connectivity index (χ3v) is 5.75. The van der Waals surface area contributed by atoms with Crippen LogP contribution < -0.4 is 15.0 Å². The number of nitrogens with zero attached hydrogens (tertiary/aromatic N) is 2. The standard InChI is InChI=1S/C24H27N3O4/c1-17-7-6-8-18(23(17)24(30)26-13-4-5-14-26)25-21(28)11-12-22(29)27-15-16-31-20-10-3-2-9-19(20)27/h2-3,6-10H,4-5,11-16H2,1H3,(H,25,28). The monoisotopic (exact) mass is 421 g/mol. The number of carbonyl (C=O) groups excluding carboxylic acids is 3. The number of likely N-dealkylation sites (tertiary alicyclic amines) is 1. The zero-order chi connectivity index (χ0) is 21.8. The molecule has 1 fully saturated rings. The number of fused-ring (bicyclic) bond motifs is 1. The molecule has 2 aromatic rings. The van der Waals surface area contributed by atoms with Crippen molar-refractivity contribution in [2.45, 2.75) is 32.6 Å². The van der Waals surface area contributed by atoms with Gasteiger partial charge in [-0.05, 0) is 43.5 Å². The first-order valence-electron chi connectivity index (χ1n) is 10.8. The predicted molar refractivity (Wildman–Crippen MR) is 118 cm³/mol. The third-order valence-electron chi connectivity index (χ3n) is 5.75. The second-order valence-electron chi connectivity index (χ2n) is 7.91. The zero-order valence-electron chi connectivity index (χ0n) is 17.7. The van der Waals surface area contributed by atoms with E-state index in [1.165, 1.54) is 0 Å². The molecule has 3 amide bonds. The highest BCUT2D eigenvalue weighted by molar-refractivity contribution is 6.05. The molecule has 1 saturated heterocycles. The Kier molecular flexibility index (Phi) is 6.21. The van der Waals surface area contributed by atoms with Crippen LogP contribution in [0, 0.1) is 6.92 Å². The van der Waals surface area contributed by atoms with Crippen molar-refractivity contribution in [3.8, 4) is 5.75 Å². The van der Waals surface area contributed by atoms with Gasteiger partial charge in [-0.25, -0.2) is 0 Å². The Morgan fingerprint density at radius 1 is 0.968 bits per heavy atom. The first-order valence-corrected chi connectivity index (χ1v) is 10.8. The fourth-order valence-corrected chi connectivity index (χ4v) is 4.13. The molecule has 0 saturated carbocycles. The highest BCUT2D eigenvalue weighted by atomic mass is 16.5. The van der Waals surface area contributed by atoms with E-state index in [1.54, 1.807) is 11.0 Å². The number of hydrogen-bond acceptors (Lipinski definition) is 4. The van der Waals surface area contributed by atoms with E-state index >= 15 is 0 Å². The zero-order valence-corrected chi connectivity index (χ0v) is 17.7. The Bertz CT molecular complexity index is 998. The molecule has 2 aliphatic heterocycles. The molecule has 31 heavy (non-hydrogen) atoms. The Morgan fingerprint density at radius 3 is 2.55 bits per heavy atom. The number of amides is 3. The molecule has 0 aromatic heterocycles. The second kappa shape index (κ2) is 9.20. The molecule has 0 radical (unpaired) electrons. The number of nitrogens with one attached hydrogen (secondary N) is 1. The van der Waals surface area contributed by atoms with Crippen LogP contribution >= 0.6 is 0 Å². The fourth-order valence-electron chi connectivity index (χ4n) is 4.13. The largest absolute Gasteiger partial charge is 0.490 e. The molecular formula is C24H27N3O4. The van der Waals surface area contributed by atoms with Gasteiger partial charge in [0.1, 0.15) is 12.4 Å². The SMILES string of the molecule is Cc1cccc(NC(=O)CCC(=O)N2CCOc3ccccc32)c1C(=O)N1CCCC1. The van der Waals surface area contributed by atoms with Gasteiger partial charge in [0, 0.05) is 25.9 Å². The molecule has 0 aliphatic carbocycles. The van der Waals surface area contributed by atoms with Crippen molar-refractivity contribution in [2.24, 2.45) is 0 Å². The minimum absolute atomic E-state index is 0.0453. The van der Waals surface area contributed by atoms with Crippen LogP contribution in [0.3, 0.4) is 0 Å². The lowest BCUT2D eigenvalue weighted by Crippen LogP contribution is -2.38. The van der Waals surface area contributed by atoms with Crippen LogP contribution in [0.4, 0.5) is 11.4 Å². The van der Waals surface area contributed by atoms with E-state index in [0.29, 0.717) is 30.2 Å². The number of hydrogen-bond donors (Lipinski definition) is 1. The van der Waals surface area contributed by atoms with Crippen molar-refractivity contribution < 1.29 is 19.1 Å². The number of anilines is 2. The van der Waals surface area contributed by atoms with Gasteiger partial charge in [-0.3, -0.25) is 14.4 Å². The lowest BCUT2D eigenvalue weighted by Gasteiger charge is -2.29. The summed E-state index contributed by atoms with van der Waals surface area (Å²) in [4.78, 5) is 41.8. The first-order chi connectivity index (χ1) is 15.0. The average Bonchev–Trinajstić information content (AvgIpc) is 3.32. The molecule has 0 spiro atoms. The van der Waals surface area contributed by atoms with Crippen LogP contribution in [0.5, 0.6) is 5.75 Å². The Balaban J connectivity index is 1.40. The summed E-state index contributed by atoms with van der Waals surface area (Å²) < 4.78 is 5.59. The van der Waals surface area contributed by atoms with Gasteiger partial charge < -0.3 is 19.9 Å². The summed E-state index contributed by atoms with van der Waals surface area (Å²) in [6.45, 7) is 4.26. The van der Waals surface area contributed by atoms with Crippen LogP contribution in [-0.4, -0.2) is 48.9 Å². The third kappa shape index (κ3) is 4.55. The van der Waals surface area contributed by atoms with E-state index in [2.05, 4.69) is 5.32 Å². The van der Waals surface area contributed by atoms with Gasteiger partial charge in [-0.1, -0.05) is 24.3 Å². The van der Waals surface area contributed by atoms with E-state index in [9.17, 15) is 14.4 Å². The maximum Gasteiger partial charge on any atom is 0.256 e. The highest BCUT2D eigenvalue weighted by Crippen LogP contribution is 2.31. The maximum atomic E-state index is 13.0. The number of ether oxygens (including phenoxy) is 1. The Labute approximate surface area is 182 Å². The number of para-hydroxylation sites is 2. The maximum absolute atomic E-state index is 13.0. The van der Waals surface area contributed by atoms with Crippen molar-refractivity contribution in [1.29, 1.82) is 0 Å². The number of carbonyl (C=O) groups is 3. The lowest BCUT2D eigenvalue weighted by atomic mass is 10.0. The van der Waals surface area contributed by atoms with E-state index in [1.807, 2.05) is 48.2 Å². The normalized spacial score (nSPS) is 15.3. The van der Waals surface area contributed by atoms with Gasteiger partial charge >= 0.3 is 0 Å². The summed E-state index contributed by atoms with van der Waals surface area (Å²) in [5.41, 5.74) is 2.60. The Morgan fingerprint density at radius 2 is 1.74 bits per heavy atom. The predicted octanol–water partition coefficient (Wildman–Crippen LogP) is 3.38.